The van der Waals surface area contributed by atoms with Crippen molar-refractivity contribution in [3.8, 4) is 0 Å². The molecule has 0 saturated carbocycles. The zero-order valence-corrected chi connectivity index (χ0v) is 13.5. The van der Waals surface area contributed by atoms with Crippen LogP contribution in [0.4, 0.5) is 5.69 Å². The van der Waals surface area contributed by atoms with Gasteiger partial charge in [-0.05, 0) is 11.6 Å². The van der Waals surface area contributed by atoms with E-state index in [1.54, 1.807) is 18.6 Å². The molecule has 0 bridgehead atoms. The molecule has 0 saturated heterocycles. The fourth-order valence-electron chi connectivity index (χ4n) is 2.81. The van der Waals surface area contributed by atoms with Gasteiger partial charge in [0.15, 0.2) is 11.4 Å². The molecule has 2 heterocycles. The summed E-state index contributed by atoms with van der Waals surface area (Å²) >= 11 is 0. The van der Waals surface area contributed by atoms with E-state index >= 15 is 0 Å². The number of nitrogens with two attached hydrogens (primary N) is 1. The first-order chi connectivity index (χ1) is 12.2. The van der Waals surface area contributed by atoms with E-state index in [1.807, 2.05) is 59.2 Å². The van der Waals surface area contributed by atoms with E-state index in [0.717, 1.165) is 11.2 Å². The zero-order valence-electron chi connectivity index (χ0n) is 13.5. The van der Waals surface area contributed by atoms with Crippen LogP contribution in [0.5, 0.6) is 0 Å². The number of imidazole rings is 1. The summed E-state index contributed by atoms with van der Waals surface area (Å²) < 4.78 is 1.94. The van der Waals surface area contributed by atoms with Gasteiger partial charge < -0.3 is 10.3 Å². The molecule has 0 spiro atoms. The van der Waals surface area contributed by atoms with E-state index in [4.69, 9.17) is 5.73 Å². The van der Waals surface area contributed by atoms with Gasteiger partial charge in [-0.2, -0.15) is 0 Å². The molecule has 0 amide bonds. The fourth-order valence-corrected chi connectivity index (χ4v) is 2.81. The number of hydrogen-bond donors (Lipinski definition) is 1. The van der Waals surface area contributed by atoms with Crippen LogP contribution in [-0.2, 0) is 6.54 Å². The molecule has 0 aliphatic carbocycles. The molecule has 122 valence electrons. The minimum Gasteiger partial charge on any atom is -0.397 e. The van der Waals surface area contributed by atoms with Gasteiger partial charge in [-0.1, -0.05) is 54.6 Å². The largest absolute Gasteiger partial charge is 0.397 e. The lowest BCUT2D eigenvalue weighted by molar-refractivity contribution is 0.103. The smallest absolute Gasteiger partial charge is 0.193 e. The van der Waals surface area contributed by atoms with Gasteiger partial charge in [-0.3, -0.25) is 4.79 Å². The second-order valence-corrected chi connectivity index (χ2v) is 5.84. The zero-order chi connectivity index (χ0) is 17.2. The summed E-state index contributed by atoms with van der Waals surface area (Å²) in [5.74, 6) is 0.0228. The number of nitrogen functional groups attached to an aromatic ring is 1. The van der Waals surface area contributed by atoms with Crippen LogP contribution in [-0.4, -0.2) is 20.3 Å². The number of fused-ring (bicyclic) bond motifs is 1. The van der Waals surface area contributed by atoms with Gasteiger partial charge in [-0.25, -0.2) is 9.97 Å². The molecule has 0 unspecified atom stereocenters. The van der Waals surface area contributed by atoms with Crippen LogP contribution < -0.4 is 5.73 Å². The number of ketones is 1. The van der Waals surface area contributed by atoms with Crippen LogP contribution in [0.25, 0.3) is 11.2 Å². The topological polar surface area (TPSA) is 73.8 Å². The van der Waals surface area contributed by atoms with Crippen molar-refractivity contribution in [1.82, 2.24) is 14.5 Å². The molecule has 0 fully saturated rings. The van der Waals surface area contributed by atoms with Crippen LogP contribution >= 0.6 is 0 Å². The van der Waals surface area contributed by atoms with E-state index in [0.29, 0.717) is 28.9 Å². The summed E-state index contributed by atoms with van der Waals surface area (Å²) in [5, 5.41) is 0. The average molecular weight is 328 g/mol. The van der Waals surface area contributed by atoms with Crippen molar-refractivity contribution >= 4 is 22.6 Å². The lowest BCUT2D eigenvalue weighted by atomic mass is 10.0. The first-order valence-electron chi connectivity index (χ1n) is 7.96. The predicted molar refractivity (Wildman–Crippen MR) is 97.4 cm³/mol. The predicted octanol–water partition coefficient (Wildman–Crippen LogP) is 3.29. The second-order valence-electron chi connectivity index (χ2n) is 5.84. The average Bonchev–Trinajstić information content (AvgIpc) is 3.07. The monoisotopic (exact) mass is 328 g/mol. The van der Waals surface area contributed by atoms with Crippen molar-refractivity contribution in [2.24, 2.45) is 0 Å². The molecule has 25 heavy (non-hydrogen) atoms. The van der Waals surface area contributed by atoms with E-state index in [9.17, 15) is 4.79 Å². The number of rotatable bonds is 4. The normalized spacial score (nSPS) is 10.9. The summed E-state index contributed by atoms with van der Waals surface area (Å²) in [5.41, 5.74) is 10.4. The van der Waals surface area contributed by atoms with Crippen molar-refractivity contribution in [2.45, 2.75) is 6.54 Å². The van der Waals surface area contributed by atoms with Crippen molar-refractivity contribution < 1.29 is 4.79 Å². The number of benzene rings is 2. The molecule has 0 atom stereocenters. The maximum Gasteiger partial charge on any atom is 0.193 e. The van der Waals surface area contributed by atoms with E-state index in [1.165, 1.54) is 0 Å². The van der Waals surface area contributed by atoms with Crippen molar-refractivity contribution in [2.75, 3.05) is 5.73 Å². The minimum atomic E-state index is 0.0228. The van der Waals surface area contributed by atoms with Crippen LogP contribution in [0.2, 0.25) is 0 Å². The van der Waals surface area contributed by atoms with Crippen molar-refractivity contribution in [1.29, 1.82) is 0 Å². The minimum absolute atomic E-state index is 0.0228. The molecule has 2 aromatic heterocycles. The molecule has 0 aliphatic rings. The first kappa shape index (κ1) is 15.1. The van der Waals surface area contributed by atoms with Gasteiger partial charge in [0.05, 0.1) is 18.6 Å². The SMILES string of the molecule is Nc1ccnc2c1ncn2Cc1ccc(C(=O)c2ccccc2)cc1. The number of aromatic nitrogens is 3. The van der Waals surface area contributed by atoms with E-state index in [-0.39, 0.29) is 5.78 Å². The molecule has 4 rings (SSSR count). The summed E-state index contributed by atoms with van der Waals surface area (Å²) in [6.07, 6.45) is 3.41. The summed E-state index contributed by atoms with van der Waals surface area (Å²) in [6, 6.07) is 18.6. The second kappa shape index (κ2) is 6.20. The number of carbonyl (C=O) groups is 1. The highest BCUT2D eigenvalue weighted by Gasteiger charge is 2.10. The molecule has 4 aromatic rings. The van der Waals surface area contributed by atoms with Crippen LogP contribution in [0.15, 0.2) is 73.2 Å². The van der Waals surface area contributed by atoms with E-state index < -0.39 is 0 Å². The maximum atomic E-state index is 12.4. The van der Waals surface area contributed by atoms with Crippen LogP contribution in [0.3, 0.4) is 0 Å². The standard InChI is InChI=1S/C20H16N4O/c21-17-10-11-22-20-18(17)23-13-24(20)12-14-6-8-16(9-7-14)19(25)15-4-2-1-3-5-15/h1-11,13H,12H2,(H2,21,22). The molecule has 2 N–H and O–H groups in total. The summed E-state index contributed by atoms with van der Waals surface area (Å²) in [7, 11) is 0. The highest BCUT2D eigenvalue weighted by Crippen LogP contribution is 2.18. The third-order valence-electron chi connectivity index (χ3n) is 4.14. The van der Waals surface area contributed by atoms with Gasteiger partial charge in [0.1, 0.15) is 5.52 Å². The Morgan fingerprint density at radius 2 is 1.64 bits per heavy atom. The van der Waals surface area contributed by atoms with Crippen LogP contribution in [0, 0.1) is 0 Å². The Hall–Kier alpha value is -3.47. The Balaban J connectivity index is 1.58. The van der Waals surface area contributed by atoms with Gasteiger partial charge in [-0.15, -0.1) is 0 Å². The number of anilines is 1. The third kappa shape index (κ3) is 2.87. The van der Waals surface area contributed by atoms with E-state index in [2.05, 4.69) is 9.97 Å². The number of nitrogens with zero attached hydrogens (tertiary/aromatic N) is 3. The van der Waals surface area contributed by atoms with Crippen molar-refractivity contribution in [3.63, 3.8) is 0 Å². The Kier molecular flexibility index (Phi) is 3.74. The molecule has 2 aromatic carbocycles. The number of carbonyl (C=O) groups excluding carboxylic acids is 1. The summed E-state index contributed by atoms with van der Waals surface area (Å²) in [4.78, 5) is 21.1. The molecule has 0 aliphatic heterocycles. The lowest BCUT2D eigenvalue weighted by Crippen LogP contribution is -2.03. The molecular weight excluding hydrogens is 312 g/mol. The quantitative estimate of drug-likeness (QED) is 0.583. The Morgan fingerprint density at radius 3 is 2.40 bits per heavy atom. The van der Waals surface area contributed by atoms with Crippen LogP contribution in [0.1, 0.15) is 21.5 Å². The maximum absolute atomic E-state index is 12.4. The Bertz CT molecular complexity index is 1040. The highest BCUT2D eigenvalue weighted by molar-refractivity contribution is 6.08. The third-order valence-corrected chi connectivity index (χ3v) is 4.14. The molecule has 0 radical (unpaired) electrons. The fraction of sp³-hybridized carbons (Fsp3) is 0.0500. The lowest BCUT2D eigenvalue weighted by Gasteiger charge is -2.06. The summed E-state index contributed by atoms with van der Waals surface area (Å²) in [6.45, 7) is 0.618. The Labute approximate surface area is 144 Å². The Morgan fingerprint density at radius 1 is 0.920 bits per heavy atom. The van der Waals surface area contributed by atoms with Gasteiger partial charge in [0.25, 0.3) is 0 Å². The van der Waals surface area contributed by atoms with Gasteiger partial charge in [0.2, 0.25) is 0 Å². The highest BCUT2D eigenvalue weighted by atomic mass is 16.1. The molecule has 5 heteroatoms. The molecular formula is C20H16N4O. The van der Waals surface area contributed by atoms with Crippen molar-refractivity contribution in [3.05, 3.63) is 89.9 Å². The first-order valence-corrected chi connectivity index (χ1v) is 7.96. The number of hydrogen-bond acceptors (Lipinski definition) is 4. The number of pyridine rings is 1. The van der Waals surface area contributed by atoms with Gasteiger partial charge >= 0.3 is 0 Å². The van der Waals surface area contributed by atoms with Gasteiger partial charge in [0, 0.05) is 17.3 Å². The molecule has 5 nitrogen and oxygen atoms in total.